The number of nitrogens with zero attached hydrogens (tertiary/aromatic N) is 1. The molecule has 0 fully saturated rings. The van der Waals surface area contributed by atoms with Crippen molar-refractivity contribution in [1.29, 1.82) is 0 Å². The number of carbonyl (C=O) groups excluding carboxylic acids is 1. The summed E-state index contributed by atoms with van der Waals surface area (Å²) in [6.45, 7) is 0. The van der Waals surface area contributed by atoms with Crippen LogP contribution in [0, 0.1) is 5.82 Å². The molecule has 0 aliphatic heterocycles. The summed E-state index contributed by atoms with van der Waals surface area (Å²) in [7, 11) is 0. The number of amides is 2. The van der Waals surface area contributed by atoms with Gasteiger partial charge in [0.2, 0.25) is 0 Å². The van der Waals surface area contributed by atoms with Gasteiger partial charge < -0.3 is 5.73 Å². The zero-order chi connectivity index (χ0) is 9.14. The van der Waals surface area contributed by atoms with Crippen LogP contribution in [-0.4, -0.2) is 6.03 Å². The first-order chi connectivity index (χ1) is 5.61. The number of anilines is 1. The van der Waals surface area contributed by atoms with Crippen molar-refractivity contribution < 1.29 is 9.18 Å². The molecule has 5 heteroatoms. The minimum atomic E-state index is -0.704. The lowest BCUT2D eigenvalue weighted by Crippen LogP contribution is -2.27. The van der Waals surface area contributed by atoms with E-state index in [0.717, 1.165) is 4.31 Å². The molecule has 0 aliphatic carbocycles. The van der Waals surface area contributed by atoms with Gasteiger partial charge >= 0.3 is 6.03 Å². The molecule has 3 nitrogen and oxygen atoms in total. The normalized spacial score (nSPS) is 9.50. The van der Waals surface area contributed by atoms with Crippen molar-refractivity contribution in [3.05, 3.63) is 30.1 Å². The van der Waals surface area contributed by atoms with Gasteiger partial charge in [0.15, 0.2) is 0 Å². The van der Waals surface area contributed by atoms with Gasteiger partial charge in [0, 0.05) is 0 Å². The maximum atomic E-state index is 12.4. The Kier molecular flexibility index (Phi) is 2.54. The number of thiol groups is 1. The lowest BCUT2D eigenvalue weighted by molar-refractivity contribution is 0.257. The lowest BCUT2D eigenvalue weighted by Gasteiger charge is -2.11. The highest BCUT2D eigenvalue weighted by Gasteiger charge is 2.06. The summed E-state index contributed by atoms with van der Waals surface area (Å²) in [5.74, 6) is -0.370. The molecule has 2 amide bonds. The molecule has 0 saturated carbocycles. The average molecular weight is 186 g/mol. The Hall–Kier alpha value is -1.23. The third kappa shape index (κ3) is 1.88. The number of primary amides is 1. The summed E-state index contributed by atoms with van der Waals surface area (Å²) in [5, 5.41) is 0. The quantitative estimate of drug-likeness (QED) is 0.642. The average Bonchev–Trinajstić information content (AvgIpc) is 2.04. The van der Waals surface area contributed by atoms with E-state index < -0.39 is 6.03 Å². The molecule has 1 rings (SSSR count). The van der Waals surface area contributed by atoms with Crippen LogP contribution in [-0.2, 0) is 0 Å². The van der Waals surface area contributed by atoms with Crippen LogP contribution in [0.25, 0.3) is 0 Å². The standard InChI is InChI=1S/C7H7FN2OS/c8-5-1-3-6(4-2-5)10(12)7(9)11/h1-4,12H,(H2,9,11). The number of rotatable bonds is 1. The summed E-state index contributed by atoms with van der Waals surface area (Å²) in [6.07, 6.45) is 0. The summed E-state index contributed by atoms with van der Waals surface area (Å²) in [4.78, 5) is 10.6. The SMILES string of the molecule is NC(=O)N(S)c1ccc(F)cc1. The van der Waals surface area contributed by atoms with Crippen molar-refractivity contribution in [2.24, 2.45) is 5.73 Å². The minimum Gasteiger partial charge on any atom is -0.350 e. The van der Waals surface area contributed by atoms with E-state index in [0.29, 0.717) is 5.69 Å². The topological polar surface area (TPSA) is 46.3 Å². The fourth-order valence-electron chi connectivity index (χ4n) is 0.710. The first-order valence-corrected chi connectivity index (χ1v) is 3.55. The highest BCUT2D eigenvalue weighted by atomic mass is 32.1. The molecule has 1 aromatic rings. The third-order valence-electron chi connectivity index (χ3n) is 1.28. The molecule has 0 bridgehead atoms. The summed E-state index contributed by atoms with van der Waals surface area (Å²) >= 11 is 3.78. The minimum absolute atomic E-state index is 0.370. The van der Waals surface area contributed by atoms with Crippen LogP contribution in [0.3, 0.4) is 0 Å². The van der Waals surface area contributed by atoms with Crippen molar-refractivity contribution in [2.45, 2.75) is 0 Å². The van der Waals surface area contributed by atoms with Crippen LogP contribution in [0.5, 0.6) is 0 Å². The van der Waals surface area contributed by atoms with Gasteiger partial charge in [-0.15, -0.1) is 0 Å². The molecule has 0 aliphatic rings. The molecular formula is C7H7FN2OS. The molecule has 0 spiro atoms. The van der Waals surface area contributed by atoms with E-state index in [2.05, 4.69) is 12.8 Å². The van der Waals surface area contributed by atoms with Crippen LogP contribution in [0.1, 0.15) is 0 Å². The Bertz CT molecular complexity index is 288. The zero-order valence-electron chi connectivity index (χ0n) is 6.07. The van der Waals surface area contributed by atoms with Gasteiger partial charge in [-0.3, -0.25) is 0 Å². The maximum Gasteiger partial charge on any atom is 0.329 e. The van der Waals surface area contributed by atoms with Crippen LogP contribution in [0.4, 0.5) is 14.9 Å². The van der Waals surface area contributed by atoms with E-state index in [-0.39, 0.29) is 5.82 Å². The highest BCUT2D eigenvalue weighted by Crippen LogP contribution is 2.15. The fraction of sp³-hybridized carbons (Fsp3) is 0. The van der Waals surface area contributed by atoms with E-state index in [1.807, 2.05) is 0 Å². The van der Waals surface area contributed by atoms with Gasteiger partial charge in [0.05, 0.1) is 5.69 Å². The maximum absolute atomic E-state index is 12.4. The Morgan fingerprint density at radius 2 is 1.92 bits per heavy atom. The monoisotopic (exact) mass is 186 g/mol. The van der Waals surface area contributed by atoms with Crippen molar-refractivity contribution in [1.82, 2.24) is 0 Å². The summed E-state index contributed by atoms with van der Waals surface area (Å²) in [6, 6.07) is 4.56. The van der Waals surface area contributed by atoms with Gasteiger partial charge in [0.25, 0.3) is 0 Å². The highest BCUT2D eigenvalue weighted by molar-refractivity contribution is 7.82. The van der Waals surface area contributed by atoms with E-state index in [1.165, 1.54) is 24.3 Å². The Balaban J connectivity index is 2.89. The Morgan fingerprint density at radius 1 is 1.42 bits per heavy atom. The van der Waals surface area contributed by atoms with E-state index >= 15 is 0 Å². The number of benzene rings is 1. The predicted molar refractivity (Wildman–Crippen MR) is 47.4 cm³/mol. The van der Waals surface area contributed by atoms with E-state index in [9.17, 15) is 9.18 Å². The molecule has 0 heterocycles. The second-order valence-corrected chi connectivity index (χ2v) is 2.53. The Labute approximate surface area is 74.5 Å². The summed E-state index contributed by atoms with van der Waals surface area (Å²) < 4.78 is 13.3. The fourth-order valence-corrected chi connectivity index (χ4v) is 0.843. The first-order valence-electron chi connectivity index (χ1n) is 3.15. The third-order valence-corrected chi connectivity index (χ3v) is 1.71. The molecule has 64 valence electrons. The van der Waals surface area contributed by atoms with Gasteiger partial charge in [-0.2, -0.15) is 0 Å². The molecule has 0 saturated heterocycles. The van der Waals surface area contributed by atoms with Crippen LogP contribution < -0.4 is 10.0 Å². The van der Waals surface area contributed by atoms with Crippen molar-refractivity contribution in [2.75, 3.05) is 4.31 Å². The van der Waals surface area contributed by atoms with Crippen LogP contribution in [0.2, 0.25) is 0 Å². The van der Waals surface area contributed by atoms with Gasteiger partial charge in [0.1, 0.15) is 5.82 Å². The molecule has 12 heavy (non-hydrogen) atoms. The predicted octanol–water partition coefficient (Wildman–Crippen LogP) is 1.56. The second kappa shape index (κ2) is 3.44. The van der Waals surface area contributed by atoms with Crippen LogP contribution in [0.15, 0.2) is 24.3 Å². The smallest absolute Gasteiger partial charge is 0.329 e. The number of carbonyl (C=O) groups is 1. The molecular weight excluding hydrogens is 179 g/mol. The van der Waals surface area contributed by atoms with Crippen LogP contribution >= 0.6 is 12.8 Å². The van der Waals surface area contributed by atoms with E-state index in [4.69, 9.17) is 5.73 Å². The Morgan fingerprint density at radius 3 is 2.33 bits per heavy atom. The largest absolute Gasteiger partial charge is 0.350 e. The number of halogens is 1. The van der Waals surface area contributed by atoms with Crippen molar-refractivity contribution in [3.8, 4) is 0 Å². The first kappa shape index (κ1) is 8.86. The van der Waals surface area contributed by atoms with Gasteiger partial charge in [-0.1, -0.05) is 12.8 Å². The molecule has 0 radical (unpaired) electrons. The van der Waals surface area contributed by atoms with Crippen molar-refractivity contribution >= 4 is 24.5 Å². The van der Waals surface area contributed by atoms with Gasteiger partial charge in [-0.05, 0) is 24.3 Å². The van der Waals surface area contributed by atoms with E-state index in [1.54, 1.807) is 0 Å². The summed E-state index contributed by atoms with van der Waals surface area (Å²) in [5.41, 5.74) is 5.36. The zero-order valence-corrected chi connectivity index (χ0v) is 6.96. The lowest BCUT2D eigenvalue weighted by atomic mass is 10.3. The molecule has 0 aromatic heterocycles. The van der Waals surface area contributed by atoms with Gasteiger partial charge in [-0.25, -0.2) is 13.5 Å². The number of hydrogen-bond acceptors (Lipinski definition) is 2. The van der Waals surface area contributed by atoms with Crippen molar-refractivity contribution in [3.63, 3.8) is 0 Å². The molecule has 0 unspecified atom stereocenters. The molecule has 2 N–H and O–H groups in total. The number of hydrogen-bond donors (Lipinski definition) is 2. The number of nitrogens with two attached hydrogens (primary N) is 1. The second-order valence-electron chi connectivity index (χ2n) is 2.13. The molecule has 1 aromatic carbocycles. The molecule has 0 atom stereocenters. The number of urea groups is 1.